The van der Waals surface area contributed by atoms with Crippen LogP contribution in [-0.4, -0.2) is 42.6 Å². The van der Waals surface area contributed by atoms with E-state index in [4.69, 9.17) is 21.3 Å². The largest absolute Gasteiger partial charge is 0.376 e. The SMILES string of the molecule is Cc1ccc(Cl)c2sc(N(CC3CCCO3)C(=O)C3CC(=O)N(c4ccccc4)C3)nc12. The third kappa shape index (κ3) is 4.00. The molecule has 0 N–H and O–H groups in total. The Balaban J connectivity index is 1.46. The van der Waals surface area contributed by atoms with E-state index >= 15 is 0 Å². The number of fused-ring (bicyclic) bond motifs is 1. The van der Waals surface area contributed by atoms with E-state index in [1.54, 1.807) is 9.80 Å². The van der Waals surface area contributed by atoms with Crippen molar-refractivity contribution in [1.82, 2.24) is 4.98 Å². The first-order chi connectivity index (χ1) is 15.5. The molecule has 2 aliphatic rings. The highest BCUT2D eigenvalue weighted by molar-refractivity contribution is 7.23. The molecule has 0 aliphatic carbocycles. The van der Waals surface area contributed by atoms with Crippen LogP contribution in [0.1, 0.15) is 24.8 Å². The van der Waals surface area contributed by atoms with Gasteiger partial charge in [0.2, 0.25) is 11.8 Å². The Kier molecular flexibility index (Phi) is 5.88. The highest BCUT2D eigenvalue weighted by atomic mass is 35.5. The number of aryl methyl sites for hydroxylation is 1. The summed E-state index contributed by atoms with van der Waals surface area (Å²) in [5, 5.41) is 1.24. The molecule has 166 valence electrons. The fourth-order valence-electron chi connectivity index (χ4n) is 4.41. The third-order valence-corrected chi connectivity index (χ3v) is 7.67. The molecule has 2 amide bonds. The van der Waals surface area contributed by atoms with Crippen LogP contribution < -0.4 is 9.80 Å². The van der Waals surface area contributed by atoms with Crippen LogP contribution >= 0.6 is 22.9 Å². The zero-order chi connectivity index (χ0) is 22.2. The molecule has 2 aliphatic heterocycles. The van der Waals surface area contributed by atoms with E-state index in [-0.39, 0.29) is 24.3 Å². The minimum Gasteiger partial charge on any atom is -0.376 e. The smallest absolute Gasteiger partial charge is 0.234 e. The number of thiazole rings is 1. The summed E-state index contributed by atoms with van der Waals surface area (Å²) in [7, 11) is 0. The lowest BCUT2D eigenvalue weighted by Gasteiger charge is -2.25. The van der Waals surface area contributed by atoms with Crippen LogP contribution in [0.15, 0.2) is 42.5 Å². The maximum absolute atomic E-state index is 13.7. The summed E-state index contributed by atoms with van der Waals surface area (Å²) in [6, 6.07) is 13.3. The molecule has 1 aromatic heterocycles. The van der Waals surface area contributed by atoms with Crippen molar-refractivity contribution in [2.24, 2.45) is 5.92 Å². The highest BCUT2D eigenvalue weighted by Crippen LogP contribution is 2.37. The fraction of sp³-hybridized carbons (Fsp3) is 0.375. The van der Waals surface area contributed by atoms with Crippen LogP contribution in [-0.2, 0) is 14.3 Å². The zero-order valence-electron chi connectivity index (χ0n) is 17.8. The molecule has 2 saturated heterocycles. The first-order valence-electron chi connectivity index (χ1n) is 10.9. The summed E-state index contributed by atoms with van der Waals surface area (Å²) in [6.07, 6.45) is 2.07. The minimum absolute atomic E-state index is 0.0233. The van der Waals surface area contributed by atoms with E-state index in [0.717, 1.165) is 34.3 Å². The predicted molar refractivity (Wildman–Crippen MR) is 128 cm³/mol. The number of hydrogen-bond acceptors (Lipinski definition) is 5. The number of carbonyl (C=O) groups excluding carboxylic acids is 2. The number of anilines is 2. The van der Waals surface area contributed by atoms with Gasteiger partial charge in [-0.3, -0.25) is 14.5 Å². The van der Waals surface area contributed by atoms with Gasteiger partial charge in [0.15, 0.2) is 5.13 Å². The molecule has 0 bridgehead atoms. The van der Waals surface area contributed by atoms with E-state index in [1.165, 1.54) is 11.3 Å². The van der Waals surface area contributed by atoms with Crippen LogP contribution in [0.2, 0.25) is 5.02 Å². The lowest BCUT2D eigenvalue weighted by atomic mass is 10.1. The molecule has 6 nitrogen and oxygen atoms in total. The normalized spacial score (nSPS) is 20.9. The van der Waals surface area contributed by atoms with Gasteiger partial charge in [0.1, 0.15) is 0 Å². The summed E-state index contributed by atoms with van der Waals surface area (Å²) in [5.41, 5.74) is 2.65. The lowest BCUT2D eigenvalue weighted by molar-refractivity contribution is -0.124. The Hall–Kier alpha value is -2.48. The molecule has 0 spiro atoms. The molecule has 8 heteroatoms. The van der Waals surface area contributed by atoms with Gasteiger partial charge in [0, 0.05) is 25.3 Å². The maximum Gasteiger partial charge on any atom is 0.234 e. The molecule has 0 saturated carbocycles. The Bertz CT molecular complexity index is 1120. The number of rotatable bonds is 5. The van der Waals surface area contributed by atoms with Gasteiger partial charge >= 0.3 is 0 Å². The first-order valence-corrected chi connectivity index (χ1v) is 12.0. The van der Waals surface area contributed by atoms with Crippen LogP contribution in [0.25, 0.3) is 10.2 Å². The van der Waals surface area contributed by atoms with Crippen molar-refractivity contribution in [2.45, 2.75) is 32.3 Å². The second-order valence-corrected chi connectivity index (χ2v) is 9.75. The Morgan fingerprint density at radius 2 is 2.09 bits per heavy atom. The number of benzene rings is 2. The number of ether oxygens (including phenoxy) is 1. The summed E-state index contributed by atoms with van der Waals surface area (Å²) in [6.45, 7) is 3.50. The van der Waals surface area contributed by atoms with Crippen LogP contribution in [0.3, 0.4) is 0 Å². The van der Waals surface area contributed by atoms with Gasteiger partial charge in [-0.25, -0.2) is 4.98 Å². The molecule has 3 aromatic rings. The summed E-state index contributed by atoms with van der Waals surface area (Å²) in [5.74, 6) is -0.539. The second kappa shape index (κ2) is 8.81. The molecule has 32 heavy (non-hydrogen) atoms. The van der Waals surface area contributed by atoms with Gasteiger partial charge in [0.25, 0.3) is 0 Å². The molecule has 2 aromatic carbocycles. The minimum atomic E-state index is -0.423. The van der Waals surface area contributed by atoms with Crippen LogP contribution in [0.4, 0.5) is 10.8 Å². The molecule has 2 unspecified atom stereocenters. The van der Waals surface area contributed by atoms with E-state index in [1.807, 2.05) is 49.4 Å². The predicted octanol–water partition coefficient (Wildman–Crippen LogP) is 4.82. The quantitative estimate of drug-likeness (QED) is 0.537. The first kappa shape index (κ1) is 21.4. The van der Waals surface area contributed by atoms with Crippen LogP contribution in [0.5, 0.6) is 0 Å². The summed E-state index contributed by atoms with van der Waals surface area (Å²) >= 11 is 7.84. The Morgan fingerprint density at radius 1 is 1.28 bits per heavy atom. The lowest BCUT2D eigenvalue weighted by Crippen LogP contribution is -2.42. The molecule has 3 heterocycles. The van der Waals surface area contributed by atoms with E-state index in [0.29, 0.717) is 29.9 Å². The number of halogens is 1. The standard InChI is InChI=1S/C24H24ClN3O3S/c1-15-9-10-19(25)22-21(15)26-24(32-22)28(14-18-8-5-11-31-18)23(30)16-12-20(29)27(13-16)17-6-3-2-4-7-17/h2-4,6-7,9-10,16,18H,5,8,11-14H2,1H3. The summed E-state index contributed by atoms with van der Waals surface area (Å²) < 4.78 is 6.71. The van der Waals surface area contributed by atoms with Crippen molar-refractivity contribution in [3.8, 4) is 0 Å². The van der Waals surface area contributed by atoms with Gasteiger partial charge in [-0.15, -0.1) is 0 Å². The van der Waals surface area contributed by atoms with Crippen molar-refractivity contribution in [3.05, 3.63) is 53.1 Å². The van der Waals surface area contributed by atoms with Crippen molar-refractivity contribution in [1.29, 1.82) is 0 Å². The molecule has 5 rings (SSSR count). The highest BCUT2D eigenvalue weighted by Gasteiger charge is 2.39. The number of para-hydroxylation sites is 1. The van der Waals surface area contributed by atoms with Gasteiger partial charge in [-0.1, -0.05) is 47.2 Å². The average molecular weight is 470 g/mol. The number of carbonyl (C=O) groups is 2. The monoisotopic (exact) mass is 469 g/mol. The van der Waals surface area contributed by atoms with Gasteiger partial charge in [0.05, 0.1) is 33.8 Å². The average Bonchev–Trinajstić information content (AvgIpc) is 3.55. The number of aromatic nitrogens is 1. The Morgan fingerprint density at radius 3 is 2.81 bits per heavy atom. The van der Waals surface area contributed by atoms with Crippen LogP contribution in [0, 0.1) is 12.8 Å². The Labute approximate surface area is 195 Å². The van der Waals surface area contributed by atoms with Gasteiger partial charge in [-0.05, 0) is 43.5 Å². The molecular weight excluding hydrogens is 446 g/mol. The van der Waals surface area contributed by atoms with Crippen molar-refractivity contribution in [3.63, 3.8) is 0 Å². The maximum atomic E-state index is 13.7. The zero-order valence-corrected chi connectivity index (χ0v) is 19.4. The van der Waals surface area contributed by atoms with Crippen molar-refractivity contribution < 1.29 is 14.3 Å². The molecule has 2 atom stereocenters. The van der Waals surface area contributed by atoms with Gasteiger partial charge < -0.3 is 9.64 Å². The van der Waals surface area contributed by atoms with E-state index < -0.39 is 5.92 Å². The van der Waals surface area contributed by atoms with E-state index in [2.05, 4.69) is 0 Å². The second-order valence-electron chi connectivity index (χ2n) is 8.36. The van der Waals surface area contributed by atoms with E-state index in [9.17, 15) is 9.59 Å². The topological polar surface area (TPSA) is 62.7 Å². The van der Waals surface area contributed by atoms with Gasteiger partial charge in [-0.2, -0.15) is 0 Å². The number of nitrogens with zero attached hydrogens (tertiary/aromatic N) is 3. The molecular formula is C24H24ClN3O3S. The summed E-state index contributed by atoms with van der Waals surface area (Å²) in [4.78, 5) is 34.7. The third-order valence-electron chi connectivity index (χ3n) is 6.14. The number of hydrogen-bond donors (Lipinski definition) is 0. The molecule has 2 fully saturated rings. The fourth-order valence-corrected chi connectivity index (χ4v) is 5.74. The molecule has 0 radical (unpaired) electrons. The number of amides is 2. The van der Waals surface area contributed by atoms with Crippen molar-refractivity contribution in [2.75, 3.05) is 29.5 Å². The van der Waals surface area contributed by atoms with Crippen molar-refractivity contribution >= 4 is 55.8 Å².